The van der Waals surface area contributed by atoms with Crippen LogP contribution in [0.3, 0.4) is 0 Å². The van der Waals surface area contributed by atoms with E-state index in [4.69, 9.17) is 5.73 Å². The van der Waals surface area contributed by atoms with E-state index in [1.165, 1.54) is 30.3 Å². The Morgan fingerprint density at radius 2 is 1.56 bits per heavy atom. The fraction of sp³-hybridized carbons (Fsp3) is 0.571. The number of thioether (sulfide) groups is 1. The van der Waals surface area contributed by atoms with Crippen LogP contribution in [0.15, 0.2) is 17.0 Å². The Morgan fingerprint density at radius 1 is 1.06 bits per heavy atom. The highest BCUT2D eigenvalue weighted by Crippen LogP contribution is 2.40. The first-order valence-corrected chi connectivity index (χ1v) is 7.25. The molecule has 1 aliphatic rings. The third kappa shape index (κ3) is 3.16. The van der Waals surface area contributed by atoms with Crippen LogP contribution >= 0.6 is 11.8 Å². The van der Waals surface area contributed by atoms with E-state index < -0.39 is 11.6 Å². The number of halogens is 2. The van der Waals surface area contributed by atoms with Crippen LogP contribution in [0.1, 0.15) is 33.1 Å². The molecule has 1 aromatic carbocycles. The molecule has 0 saturated heterocycles. The lowest BCUT2D eigenvalue weighted by Crippen LogP contribution is -2.21. The summed E-state index contributed by atoms with van der Waals surface area (Å²) in [6, 6.07) is 2.39. The molecule has 0 heterocycles. The summed E-state index contributed by atoms with van der Waals surface area (Å²) < 4.78 is 27.4. The Labute approximate surface area is 111 Å². The van der Waals surface area contributed by atoms with Gasteiger partial charge in [0.1, 0.15) is 11.6 Å². The van der Waals surface area contributed by atoms with Crippen LogP contribution in [-0.4, -0.2) is 5.25 Å². The standard InChI is InChI=1S/C14H19F2NS/c1-8-3-9(2)5-11(4-8)18-14-12(15)6-10(17)7-13(14)16/h6-9,11H,3-5,17H2,1-2H3. The van der Waals surface area contributed by atoms with Gasteiger partial charge in [0.05, 0.1) is 4.90 Å². The molecule has 0 aromatic heterocycles. The van der Waals surface area contributed by atoms with Crippen LogP contribution in [0.4, 0.5) is 14.5 Å². The van der Waals surface area contributed by atoms with Crippen molar-refractivity contribution in [1.29, 1.82) is 0 Å². The van der Waals surface area contributed by atoms with E-state index in [-0.39, 0.29) is 10.6 Å². The second kappa shape index (κ2) is 5.47. The summed E-state index contributed by atoms with van der Waals surface area (Å²) in [5.74, 6) is 0.184. The van der Waals surface area contributed by atoms with Crippen molar-refractivity contribution in [2.24, 2.45) is 11.8 Å². The Hall–Kier alpha value is -0.770. The van der Waals surface area contributed by atoms with Crippen LogP contribution in [-0.2, 0) is 0 Å². The Balaban J connectivity index is 2.14. The smallest absolute Gasteiger partial charge is 0.141 e. The van der Waals surface area contributed by atoms with Gasteiger partial charge in [-0.3, -0.25) is 0 Å². The lowest BCUT2D eigenvalue weighted by molar-refractivity contribution is 0.308. The number of nitrogen functional groups attached to an aromatic ring is 1. The molecule has 1 aliphatic carbocycles. The van der Waals surface area contributed by atoms with Gasteiger partial charge in [0.2, 0.25) is 0 Å². The molecular formula is C14H19F2NS. The van der Waals surface area contributed by atoms with Gasteiger partial charge in [-0.25, -0.2) is 8.78 Å². The molecule has 1 fully saturated rings. The minimum atomic E-state index is -0.539. The molecule has 0 aliphatic heterocycles. The van der Waals surface area contributed by atoms with Gasteiger partial charge in [-0.2, -0.15) is 0 Å². The zero-order chi connectivity index (χ0) is 13.3. The summed E-state index contributed by atoms with van der Waals surface area (Å²) >= 11 is 1.33. The fourth-order valence-electron chi connectivity index (χ4n) is 2.83. The Kier molecular flexibility index (Phi) is 4.15. The van der Waals surface area contributed by atoms with E-state index in [1.54, 1.807) is 0 Å². The molecule has 4 heteroatoms. The number of rotatable bonds is 2. The quantitative estimate of drug-likeness (QED) is 0.803. The van der Waals surface area contributed by atoms with Gasteiger partial charge < -0.3 is 5.73 Å². The molecule has 1 nitrogen and oxygen atoms in total. The molecule has 0 bridgehead atoms. The minimum absolute atomic E-state index is 0.121. The molecule has 2 atom stereocenters. The van der Waals surface area contributed by atoms with Crippen LogP contribution in [0, 0.1) is 23.5 Å². The number of hydrogen-bond donors (Lipinski definition) is 1. The minimum Gasteiger partial charge on any atom is -0.399 e. The molecule has 2 unspecified atom stereocenters. The summed E-state index contributed by atoms with van der Waals surface area (Å²) in [7, 11) is 0. The van der Waals surface area contributed by atoms with E-state index in [9.17, 15) is 8.78 Å². The summed E-state index contributed by atoms with van der Waals surface area (Å²) in [5, 5.41) is 0.302. The first-order chi connectivity index (χ1) is 8.45. The molecule has 0 spiro atoms. The van der Waals surface area contributed by atoms with Gasteiger partial charge >= 0.3 is 0 Å². The van der Waals surface area contributed by atoms with Crippen molar-refractivity contribution in [2.45, 2.75) is 43.3 Å². The van der Waals surface area contributed by atoms with Crippen LogP contribution < -0.4 is 5.73 Å². The number of anilines is 1. The van der Waals surface area contributed by atoms with Gasteiger partial charge in [-0.05, 0) is 43.2 Å². The average molecular weight is 271 g/mol. The fourth-order valence-corrected chi connectivity index (χ4v) is 4.35. The van der Waals surface area contributed by atoms with Gasteiger partial charge in [-0.1, -0.05) is 13.8 Å². The maximum Gasteiger partial charge on any atom is 0.141 e. The predicted octanol–water partition coefficient (Wildman–Crippen LogP) is 4.46. The third-order valence-corrected chi connectivity index (χ3v) is 4.78. The highest BCUT2D eigenvalue weighted by Gasteiger charge is 2.26. The van der Waals surface area contributed by atoms with E-state index in [0.717, 1.165) is 12.8 Å². The van der Waals surface area contributed by atoms with E-state index in [2.05, 4.69) is 13.8 Å². The van der Waals surface area contributed by atoms with Crippen LogP contribution in [0.25, 0.3) is 0 Å². The van der Waals surface area contributed by atoms with Crippen molar-refractivity contribution >= 4 is 17.4 Å². The monoisotopic (exact) mass is 271 g/mol. The first kappa shape index (κ1) is 13.7. The van der Waals surface area contributed by atoms with Crippen molar-refractivity contribution in [3.8, 4) is 0 Å². The molecule has 0 radical (unpaired) electrons. The number of nitrogens with two attached hydrogens (primary N) is 1. The number of benzene rings is 1. The molecule has 1 saturated carbocycles. The SMILES string of the molecule is CC1CC(C)CC(Sc2c(F)cc(N)cc2F)C1. The molecule has 100 valence electrons. The van der Waals surface area contributed by atoms with Crippen LogP contribution in [0.2, 0.25) is 0 Å². The zero-order valence-electron chi connectivity index (χ0n) is 10.7. The highest BCUT2D eigenvalue weighted by atomic mass is 32.2. The molecule has 2 N–H and O–H groups in total. The van der Waals surface area contributed by atoms with E-state index in [0.29, 0.717) is 17.1 Å². The second-order valence-electron chi connectivity index (χ2n) is 5.47. The summed E-state index contributed by atoms with van der Waals surface area (Å²) in [6.45, 7) is 4.41. The van der Waals surface area contributed by atoms with Gasteiger partial charge in [0.25, 0.3) is 0 Å². The topological polar surface area (TPSA) is 26.0 Å². The van der Waals surface area contributed by atoms with Crippen molar-refractivity contribution in [3.63, 3.8) is 0 Å². The average Bonchev–Trinajstić information content (AvgIpc) is 2.22. The molecule has 0 amide bonds. The Bertz CT molecular complexity index is 403. The van der Waals surface area contributed by atoms with Gasteiger partial charge in [0.15, 0.2) is 0 Å². The van der Waals surface area contributed by atoms with E-state index in [1.807, 2.05) is 0 Å². The van der Waals surface area contributed by atoms with E-state index >= 15 is 0 Å². The summed E-state index contributed by atoms with van der Waals surface area (Å²) in [4.78, 5) is 0.121. The lowest BCUT2D eigenvalue weighted by Gasteiger charge is -2.31. The molecule has 2 rings (SSSR count). The normalized spacial score (nSPS) is 28.3. The van der Waals surface area contributed by atoms with Crippen molar-refractivity contribution in [2.75, 3.05) is 5.73 Å². The number of hydrogen-bond acceptors (Lipinski definition) is 2. The van der Waals surface area contributed by atoms with Crippen molar-refractivity contribution < 1.29 is 8.78 Å². The second-order valence-corrected chi connectivity index (χ2v) is 6.78. The third-order valence-electron chi connectivity index (χ3n) is 3.44. The molecule has 1 aromatic rings. The van der Waals surface area contributed by atoms with Crippen LogP contribution in [0.5, 0.6) is 0 Å². The first-order valence-electron chi connectivity index (χ1n) is 6.37. The summed E-state index contributed by atoms with van der Waals surface area (Å²) in [6.07, 6.45) is 3.26. The van der Waals surface area contributed by atoms with Crippen molar-refractivity contribution in [3.05, 3.63) is 23.8 Å². The molecular weight excluding hydrogens is 252 g/mol. The largest absolute Gasteiger partial charge is 0.399 e. The van der Waals surface area contributed by atoms with Crippen molar-refractivity contribution in [1.82, 2.24) is 0 Å². The zero-order valence-corrected chi connectivity index (χ0v) is 11.6. The Morgan fingerprint density at radius 3 is 2.06 bits per heavy atom. The maximum absolute atomic E-state index is 13.7. The summed E-state index contributed by atoms with van der Waals surface area (Å²) in [5.41, 5.74) is 5.55. The lowest BCUT2D eigenvalue weighted by atomic mass is 9.83. The maximum atomic E-state index is 13.7. The van der Waals surface area contributed by atoms with Gasteiger partial charge in [-0.15, -0.1) is 11.8 Å². The van der Waals surface area contributed by atoms with Gasteiger partial charge in [0, 0.05) is 10.9 Å². The highest BCUT2D eigenvalue weighted by molar-refractivity contribution is 8.00. The molecule has 18 heavy (non-hydrogen) atoms. The predicted molar refractivity (Wildman–Crippen MR) is 72.6 cm³/mol.